The molecule has 4 nitrogen and oxygen atoms in total. The lowest BCUT2D eigenvalue weighted by atomic mass is 10.1. The van der Waals surface area contributed by atoms with Crippen LogP contribution in [0.25, 0.3) is 10.2 Å². The maximum atomic E-state index is 12.6. The van der Waals surface area contributed by atoms with E-state index in [9.17, 15) is 4.79 Å². The van der Waals surface area contributed by atoms with Gasteiger partial charge in [0.2, 0.25) is 0 Å². The van der Waals surface area contributed by atoms with E-state index in [4.69, 9.17) is 28.9 Å². The van der Waals surface area contributed by atoms with Crippen molar-refractivity contribution in [1.29, 1.82) is 0 Å². The summed E-state index contributed by atoms with van der Waals surface area (Å²) >= 11 is 13.2. The van der Waals surface area contributed by atoms with Crippen LogP contribution in [-0.2, 0) is 12.8 Å². The molecular weight excluding hydrogens is 365 g/mol. The van der Waals surface area contributed by atoms with Gasteiger partial charge >= 0.3 is 0 Å². The molecule has 2 heterocycles. The molecule has 0 saturated heterocycles. The van der Waals surface area contributed by atoms with Crippen LogP contribution in [0.15, 0.2) is 24.3 Å². The molecule has 122 valence electrons. The second-order valence-electron chi connectivity index (χ2n) is 5.73. The Hall–Kier alpha value is -1.82. The van der Waals surface area contributed by atoms with Gasteiger partial charge < -0.3 is 11.1 Å². The number of halogens is 2. The minimum Gasteiger partial charge on any atom is -0.397 e. The number of hydrogen-bond donors (Lipinski definition) is 2. The summed E-state index contributed by atoms with van der Waals surface area (Å²) in [6.07, 6.45) is 3.15. The first-order valence-corrected chi connectivity index (χ1v) is 9.07. The lowest BCUT2D eigenvalue weighted by Gasteiger charge is -2.05. The molecule has 0 radical (unpaired) electrons. The Morgan fingerprint density at radius 1 is 1.21 bits per heavy atom. The molecular formula is C17H13Cl2N3OS. The predicted molar refractivity (Wildman–Crippen MR) is 100 cm³/mol. The van der Waals surface area contributed by atoms with E-state index in [1.807, 2.05) is 0 Å². The highest BCUT2D eigenvalue weighted by Gasteiger charge is 2.21. The summed E-state index contributed by atoms with van der Waals surface area (Å²) < 4.78 is 0. The zero-order valence-corrected chi connectivity index (χ0v) is 14.9. The molecule has 0 saturated carbocycles. The summed E-state index contributed by atoms with van der Waals surface area (Å²) in [5, 5.41) is 4.49. The number of nitrogens with one attached hydrogen (secondary N) is 1. The van der Waals surface area contributed by atoms with E-state index in [2.05, 4.69) is 16.4 Å². The highest BCUT2D eigenvalue weighted by molar-refractivity contribution is 7.21. The average Bonchev–Trinajstić information content (AvgIpc) is 3.13. The van der Waals surface area contributed by atoms with Crippen LogP contribution < -0.4 is 11.1 Å². The highest BCUT2D eigenvalue weighted by Crippen LogP contribution is 2.36. The second kappa shape index (κ2) is 5.92. The van der Waals surface area contributed by atoms with Crippen LogP contribution in [0.1, 0.15) is 27.3 Å². The number of hydrogen-bond acceptors (Lipinski definition) is 4. The number of pyridine rings is 1. The van der Waals surface area contributed by atoms with E-state index < -0.39 is 0 Å². The molecule has 0 aliphatic heterocycles. The van der Waals surface area contributed by atoms with E-state index in [0.29, 0.717) is 26.3 Å². The van der Waals surface area contributed by atoms with Crippen molar-refractivity contribution in [2.75, 3.05) is 11.1 Å². The maximum absolute atomic E-state index is 12.6. The monoisotopic (exact) mass is 377 g/mol. The van der Waals surface area contributed by atoms with Crippen molar-refractivity contribution in [3.8, 4) is 0 Å². The fraction of sp³-hybridized carbons (Fsp3) is 0.176. The van der Waals surface area contributed by atoms with Crippen LogP contribution in [0.4, 0.5) is 11.4 Å². The number of amides is 1. The lowest BCUT2D eigenvalue weighted by Crippen LogP contribution is -2.11. The van der Waals surface area contributed by atoms with Gasteiger partial charge in [-0.05, 0) is 49.1 Å². The molecule has 1 aliphatic rings. The molecule has 24 heavy (non-hydrogen) atoms. The zero-order chi connectivity index (χ0) is 16.8. The Morgan fingerprint density at radius 3 is 2.83 bits per heavy atom. The molecule has 0 fully saturated rings. The Labute approximate surface area is 152 Å². The molecule has 0 atom stereocenters. The van der Waals surface area contributed by atoms with E-state index >= 15 is 0 Å². The third kappa shape index (κ3) is 2.62. The summed E-state index contributed by atoms with van der Waals surface area (Å²) in [4.78, 5) is 18.5. The van der Waals surface area contributed by atoms with Crippen LogP contribution in [0, 0.1) is 0 Å². The van der Waals surface area contributed by atoms with Crippen LogP contribution in [0.3, 0.4) is 0 Å². The van der Waals surface area contributed by atoms with Gasteiger partial charge in [0, 0.05) is 16.8 Å². The van der Waals surface area contributed by atoms with Crippen molar-refractivity contribution >= 4 is 62.0 Å². The van der Waals surface area contributed by atoms with E-state index in [1.54, 1.807) is 18.2 Å². The summed E-state index contributed by atoms with van der Waals surface area (Å²) in [5.41, 5.74) is 9.62. The van der Waals surface area contributed by atoms with Crippen LogP contribution in [0.5, 0.6) is 0 Å². The van der Waals surface area contributed by atoms with Crippen molar-refractivity contribution in [3.05, 3.63) is 50.4 Å². The van der Waals surface area contributed by atoms with Crippen molar-refractivity contribution < 1.29 is 4.79 Å². The quantitative estimate of drug-likeness (QED) is 0.665. The number of thiophene rings is 1. The standard InChI is InChI=1S/C17H13Cl2N3OS/c18-11-5-4-9(7-12(11)19)21-16(23)15-14(20)10-6-8-2-1-3-13(8)22-17(10)24-15/h4-7H,1-3,20H2,(H,21,23). The topological polar surface area (TPSA) is 68.0 Å². The van der Waals surface area contributed by atoms with Crippen LogP contribution in [-0.4, -0.2) is 10.9 Å². The minimum absolute atomic E-state index is 0.269. The number of aromatic nitrogens is 1. The number of nitrogens with two attached hydrogens (primary N) is 1. The number of benzene rings is 1. The zero-order valence-electron chi connectivity index (χ0n) is 12.5. The minimum atomic E-state index is -0.269. The molecule has 0 spiro atoms. The second-order valence-corrected chi connectivity index (χ2v) is 7.54. The Morgan fingerprint density at radius 2 is 2.04 bits per heavy atom. The molecule has 1 aliphatic carbocycles. The fourth-order valence-electron chi connectivity index (χ4n) is 2.93. The van der Waals surface area contributed by atoms with Gasteiger partial charge in [-0.25, -0.2) is 4.98 Å². The largest absolute Gasteiger partial charge is 0.397 e. The number of aryl methyl sites for hydroxylation is 2. The molecule has 0 unspecified atom stereocenters. The van der Waals surface area contributed by atoms with Crippen molar-refractivity contribution in [3.63, 3.8) is 0 Å². The first-order valence-electron chi connectivity index (χ1n) is 7.50. The van der Waals surface area contributed by atoms with Crippen LogP contribution >= 0.6 is 34.5 Å². The van der Waals surface area contributed by atoms with E-state index in [1.165, 1.54) is 16.9 Å². The number of nitrogens with zero attached hydrogens (tertiary/aromatic N) is 1. The Bertz CT molecular complexity index is 984. The third-order valence-corrected chi connectivity index (χ3v) is 5.99. The molecule has 3 N–H and O–H groups in total. The first-order chi connectivity index (χ1) is 11.5. The molecule has 3 aromatic rings. The van der Waals surface area contributed by atoms with Gasteiger partial charge in [0.05, 0.1) is 15.7 Å². The van der Waals surface area contributed by atoms with Gasteiger partial charge in [-0.2, -0.15) is 0 Å². The predicted octanol–water partition coefficient (Wildman–Crippen LogP) is 4.93. The molecule has 4 rings (SSSR count). The summed E-state index contributed by atoms with van der Waals surface area (Å²) in [6, 6.07) is 7.02. The highest BCUT2D eigenvalue weighted by atomic mass is 35.5. The number of anilines is 2. The number of carbonyl (C=O) groups is 1. The summed E-state index contributed by atoms with van der Waals surface area (Å²) in [5.74, 6) is -0.269. The molecule has 7 heteroatoms. The van der Waals surface area contributed by atoms with Gasteiger partial charge in [0.25, 0.3) is 5.91 Å². The van der Waals surface area contributed by atoms with E-state index in [-0.39, 0.29) is 5.91 Å². The lowest BCUT2D eigenvalue weighted by molar-refractivity contribution is 0.103. The molecule has 1 amide bonds. The summed E-state index contributed by atoms with van der Waals surface area (Å²) in [7, 11) is 0. The number of rotatable bonds is 2. The van der Waals surface area contributed by atoms with Crippen molar-refractivity contribution in [1.82, 2.24) is 4.98 Å². The van der Waals surface area contributed by atoms with Gasteiger partial charge in [0.15, 0.2) is 0 Å². The molecule has 2 aromatic heterocycles. The summed E-state index contributed by atoms with van der Waals surface area (Å²) in [6.45, 7) is 0. The van der Waals surface area contributed by atoms with Gasteiger partial charge in [-0.1, -0.05) is 23.2 Å². The van der Waals surface area contributed by atoms with Gasteiger partial charge in [-0.3, -0.25) is 4.79 Å². The van der Waals surface area contributed by atoms with Crippen molar-refractivity contribution in [2.24, 2.45) is 0 Å². The first kappa shape index (κ1) is 15.7. The smallest absolute Gasteiger partial charge is 0.267 e. The normalized spacial score (nSPS) is 13.2. The average molecular weight is 378 g/mol. The van der Waals surface area contributed by atoms with Gasteiger partial charge in [-0.15, -0.1) is 11.3 Å². The van der Waals surface area contributed by atoms with Gasteiger partial charge in [0.1, 0.15) is 9.71 Å². The third-order valence-electron chi connectivity index (χ3n) is 4.13. The Balaban J connectivity index is 1.69. The van der Waals surface area contributed by atoms with Crippen molar-refractivity contribution in [2.45, 2.75) is 19.3 Å². The number of nitrogen functional groups attached to an aromatic ring is 1. The fourth-order valence-corrected chi connectivity index (χ4v) is 4.22. The number of carbonyl (C=O) groups excluding carboxylic acids is 1. The van der Waals surface area contributed by atoms with Crippen LogP contribution in [0.2, 0.25) is 10.0 Å². The molecule has 0 bridgehead atoms. The Kier molecular flexibility index (Phi) is 3.87. The van der Waals surface area contributed by atoms with E-state index in [0.717, 1.165) is 35.2 Å². The molecule has 1 aromatic carbocycles. The maximum Gasteiger partial charge on any atom is 0.267 e. The SMILES string of the molecule is Nc1c(C(=O)Nc2ccc(Cl)c(Cl)c2)sc2nc3c(cc12)CCC3. The number of fused-ring (bicyclic) bond motifs is 2.